The highest BCUT2D eigenvalue weighted by Gasteiger charge is 2.16. The topological polar surface area (TPSA) is 102 Å². The van der Waals surface area contributed by atoms with Gasteiger partial charge < -0.3 is 24.4 Å². The Kier molecular flexibility index (Phi) is 10.7. The van der Waals surface area contributed by atoms with E-state index in [0.29, 0.717) is 13.2 Å². The third-order valence-corrected chi connectivity index (χ3v) is 2.21. The zero-order valence-corrected chi connectivity index (χ0v) is 12.1. The van der Waals surface area contributed by atoms with Gasteiger partial charge >= 0.3 is 11.9 Å². The second-order valence-electron chi connectivity index (χ2n) is 3.59. The summed E-state index contributed by atoms with van der Waals surface area (Å²) in [5.74, 6) is -1.10. The second kappa shape index (κ2) is 11.8. The van der Waals surface area contributed by atoms with Gasteiger partial charge in [0.2, 0.25) is 0 Å². The van der Waals surface area contributed by atoms with Gasteiger partial charge in [-0.05, 0) is 12.1 Å². The highest BCUT2D eigenvalue weighted by Crippen LogP contribution is 2.10. The number of ether oxygens (including phenoxy) is 3. The van der Waals surface area contributed by atoms with Crippen molar-refractivity contribution in [1.29, 1.82) is 0 Å². The molecule has 0 aliphatic heterocycles. The maximum atomic E-state index is 11.2. The van der Waals surface area contributed by atoms with Crippen molar-refractivity contribution in [3.63, 3.8) is 0 Å². The summed E-state index contributed by atoms with van der Waals surface area (Å²) in [5.41, 5.74) is 0.420. The Morgan fingerprint density at radius 3 is 1.57 bits per heavy atom. The molecule has 0 aromatic heterocycles. The largest absolute Gasteiger partial charge is 0.465 e. The van der Waals surface area contributed by atoms with Crippen LogP contribution in [0.3, 0.4) is 0 Å². The lowest BCUT2D eigenvalue weighted by atomic mass is 10.1. The van der Waals surface area contributed by atoms with Gasteiger partial charge in [0.1, 0.15) is 0 Å². The predicted octanol–water partition coefficient (Wildman–Crippen LogP) is 0.247. The molecule has 0 spiro atoms. The normalized spacial score (nSPS) is 9.33. The number of methoxy groups -OCH3 is 2. The van der Waals surface area contributed by atoms with Crippen molar-refractivity contribution in [2.45, 2.75) is 0 Å². The molecule has 0 saturated carbocycles. The Balaban J connectivity index is 0.000000486. The summed E-state index contributed by atoms with van der Waals surface area (Å²) in [6, 6.07) is 6.33. The molecule has 1 rings (SSSR count). The molecule has 21 heavy (non-hydrogen) atoms. The number of esters is 2. The van der Waals surface area contributed by atoms with Crippen molar-refractivity contribution in [2.75, 3.05) is 40.6 Å². The van der Waals surface area contributed by atoms with Crippen LogP contribution in [0.15, 0.2) is 24.3 Å². The number of hydrogen-bond donors (Lipinski definition) is 2. The molecule has 1 aromatic carbocycles. The van der Waals surface area contributed by atoms with Crippen LogP contribution in [0, 0.1) is 0 Å². The Morgan fingerprint density at radius 2 is 1.29 bits per heavy atom. The molecule has 118 valence electrons. The van der Waals surface area contributed by atoms with Gasteiger partial charge in [-0.15, -0.1) is 0 Å². The highest BCUT2D eigenvalue weighted by atomic mass is 16.5. The Labute approximate surface area is 123 Å². The molecule has 7 heteroatoms. The molecule has 0 saturated heterocycles. The summed E-state index contributed by atoms with van der Waals surface area (Å²) in [5, 5.41) is 16.2. The van der Waals surface area contributed by atoms with Gasteiger partial charge in [0.25, 0.3) is 0 Å². The quantitative estimate of drug-likeness (QED) is 0.573. The zero-order valence-electron chi connectivity index (χ0n) is 12.1. The number of carbonyl (C=O) groups is 2. The minimum absolute atomic E-state index is 0.0278. The van der Waals surface area contributed by atoms with Gasteiger partial charge in [-0.25, -0.2) is 9.59 Å². The summed E-state index contributed by atoms with van der Waals surface area (Å²) in [7, 11) is 2.52. The maximum absolute atomic E-state index is 11.2. The van der Waals surface area contributed by atoms with Gasteiger partial charge in [0, 0.05) is 0 Å². The standard InChI is InChI=1S/C10H10O4.C4H10O3/c1-13-9(11)7-5-3-4-6-8(7)10(12)14-2;5-1-3-7-4-2-6/h3-6H,1-2H3;5-6H,1-4H2. The molecule has 0 unspecified atom stereocenters. The Morgan fingerprint density at radius 1 is 0.905 bits per heavy atom. The lowest BCUT2D eigenvalue weighted by Crippen LogP contribution is -2.11. The molecular formula is C14H20O7. The summed E-state index contributed by atoms with van der Waals surface area (Å²) in [6.45, 7) is 0.696. The van der Waals surface area contributed by atoms with Gasteiger partial charge in [-0.3, -0.25) is 0 Å². The summed E-state index contributed by atoms with van der Waals surface area (Å²) >= 11 is 0. The third kappa shape index (κ3) is 7.40. The van der Waals surface area contributed by atoms with Gasteiger partial charge in [0.05, 0.1) is 51.8 Å². The monoisotopic (exact) mass is 300 g/mol. The van der Waals surface area contributed by atoms with Crippen molar-refractivity contribution < 1.29 is 34.0 Å². The van der Waals surface area contributed by atoms with Gasteiger partial charge in [0.15, 0.2) is 0 Å². The number of aliphatic hydroxyl groups excluding tert-OH is 2. The van der Waals surface area contributed by atoms with E-state index in [2.05, 4.69) is 14.2 Å². The van der Waals surface area contributed by atoms with E-state index in [9.17, 15) is 9.59 Å². The molecule has 2 N–H and O–H groups in total. The molecule has 0 fully saturated rings. The van der Waals surface area contributed by atoms with E-state index in [-0.39, 0.29) is 24.3 Å². The number of hydrogen-bond acceptors (Lipinski definition) is 7. The van der Waals surface area contributed by atoms with Crippen LogP contribution in [0.4, 0.5) is 0 Å². The predicted molar refractivity (Wildman–Crippen MR) is 74.1 cm³/mol. The van der Waals surface area contributed by atoms with E-state index in [1.54, 1.807) is 12.1 Å². The van der Waals surface area contributed by atoms with Crippen LogP contribution in [-0.2, 0) is 14.2 Å². The summed E-state index contributed by atoms with van der Waals surface area (Å²) in [6.07, 6.45) is 0. The van der Waals surface area contributed by atoms with Gasteiger partial charge in [-0.1, -0.05) is 12.1 Å². The van der Waals surface area contributed by atoms with Crippen molar-refractivity contribution in [3.05, 3.63) is 35.4 Å². The molecule has 0 amide bonds. The fourth-order valence-electron chi connectivity index (χ4n) is 1.29. The Bertz CT molecular complexity index is 392. The van der Waals surface area contributed by atoms with Crippen molar-refractivity contribution in [1.82, 2.24) is 0 Å². The van der Waals surface area contributed by atoms with Crippen molar-refractivity contribution in [2.24, 2.45) is 0 Å². The van der Waals surface area contributed by atoms with Crippen LogP contribution >= 0.6 is 0 Å². The molecule has 0 aliphatic carbocycles. The van der Waals surface area contributed by atoms with Crippen LogP contribution in [-0.4, -0.2) is 62.8 Å². The van der Waals surface area contributed by atoms with Crippen LogP contribution < -0.4 is 0 Å². The third-order valence-electron chi connectivity index (χ3n) is 2.21. The fraction of sp³-hybridized carbons (Fsp3) is 0.429. The first kappa shape index (κ1) is 19.0. The average Bonchev–Trinajstić information content (AvgIpc) is 2.54. The minimum Gasteiger partial charge on any atom is -0.465 e. The maximum Gasteiger partial charge on any atom is 0.338 e. The first-order valence-electron chi connectivity index (χ1n) is 6.17. The summed E-state index contributed by atoms with van der Waals surface area (Å²) in [4.78, 5) is 22.4. The number of rotatable bonds is 6. The smallest absolute Gasteiger partial charge is 0.338 e. The molecule has 0 aliphatic rings. The SMILES string of the molecule is COC(=O)c1ccccc1C(=O)OC.OCCOCCO. The van der Waals surface area contributed by atoms with Crippen LogP contribution in [0.1, 0.15) is 20.7 Å². The second-order valence-corrected chi connectivity index (χ2v) is 3.59. The zero-order chi connectivity index (χ0) is 16.1. The van der Waals surface area contributed by atoms with Gasteiger partial charge in [-0.2, -0.15) is 0 Å². The van der Waals surface area contributed by atoms with Crippen LogP contribution in [0.2, 0.25) is 0 Å². The number of aliphatic hydroxyl groups is 2. The first-order valence-corrected chi connectivity index (χ1v) is 6.17. The van der Waals surface area contributed by atoms with E-state index in [1.807, 2.05) is 0 Å². The molecule has 7 nitrogen and oxygen atoms in total. The minimum atomic E-state index is -0.550. The average molecular weight is 300 g/mol. The van der Waals surface area contributed by atoms with E-state index in [4.69, 9.17) is 10.2 Å². The molecule has 0 bridgehead atoms. The lowest BCUT2D eigenvalue weighted by Gasteiger charge is -2.04. The van der Waals surface area contributed by atoms with Crippen LogP contribution in [0.25, 0.3) is 0 Å². The molecule has 1 aromatic rings. The Hall–Kier alpha value is -1.96. The first-order chi connectivity index (χ1) is 10.1. The fourth-order valence-corrected chi connectivity index (χ4v) is 1.29. The summed E-state index contributed by atoms with van der Waals surface area (Å²) < 4.78 is 13.7. The highest BCUT2D eigenvalue weighted by molar-refractivity contribution is 6.02. The number of carbonyl (C=O) groups excluding carboxylic acids is 2. The van der Waals surface area contributed by atoms with Crippen molar-refractivity contribution in [3.8, 4) is 0 Å². The molecular weight excluding hydrogens is 280 g/mol. The van der Waals surface area contributed by atoms with Crippen molar-refractivity contribution >= 4 is 11.9 Å². The lowest BCUT2D eigenvalue weighted by molar-refractivity contribution is 0.0555. The van der Waals surface area contributed by atoms with E-state index >= 15 is 0 Å². The van der Waals surface area contributed by atoms with Crippen LogP contribution in [0.5, 0.6) is 0 Å². The molecule has 0 heterocycles. The number of benzene rings is 1. The van der Waals surface area contributed by atoms with E-state index in [0.717, 1.165) is 0 Å². The molecule has 0 atom stereocenters. The van der Waals surface area contributed by atoms with E-state index < -0.39 is 11.9 Å². The van der Waals surface area contributed by atoms with E-state index in [1.165, 1.54) is 26.4 Å². The molecule has 0 radical (unpaired) electrons.